The Morgan fingerprint density at radius 3 is 2.38 bits per heavy atom. The molecule has 0 saturated heterocycles. The number of likely N-dealkylation sites (N-methyl/N-ethyl adjacent to an activating group) is 2. The molecule has 0 saturated carbocycles. The number of amides is 1. The van der Waals surface area contributed by atoms with Crippen LogP contribution in [0.15, 0.2) is 0 Å². The normalized spacial score (nSPS) is 13.2. The van der Waals surface area contributed by atoms with Crippen LogP contribution in [0, 0.1) is 5.92 Å². The molecule has 0 bridgehead atoms. The molecule has 1 unspecified atom stereocenters. The maximum Gasteiger partial charge on any atom is 0.233 e. The number of rotatable bonds is 8. The number of hydrogen-bond acceptors (Lipinski definition) is 3. The van der Waals surface area contributed by atoms with Gasteiger partial charge in [0.1, 0.15) is 0 Å². The topological polar surface area (TPSA) is 44.4 Å². The Morgan fingerprint density at radius 2 is 1.94 bits per heavy atom. The summed E-state index contributed by atoms with van der Waals surface area (Å²) in [5.74, 6) is 0.724. The fraction of sp³-hybridized carbons (Fsp3) is 0.917. The molecule has 1 atom stereocenters. The summed E-state index contributed by atoms with van der Waals surface area (Å²) in [6, 6.07) is 0.387. The molecule has 0 aromatic heterocycles. The highest BCUT2D eigenvalue weighted by atomic mass is 16.1. The van der Waals surface area contributed by atoms with Crippen molar-refractivity contribution in [1.29, 1.82) is 0 Å². The van der Waals surface area contributed by atoms with Gasteiger partial charge >= 0.3 is 0 Å². The Labute approximate surface area is 99.8 Å². The second-order valence-corrected chi connectivity index (χ2v) is 4.92. The van der Waals surface area contributed by atoms with Gasteiger partial charge in [0.05, 0.1) is 6.54 Å². The summed E-state index contributed by atoms with van der Waals surface area (Å²) < 4.78 is 0. The lowest BCUT2D eigenvalue weighted by Crippen LogP contribution is -2.44. The summed E-state index contributed by atoms with van der Waals surface area (Å²) in [5, 5.41) is 6.11. The molecule has 0 rings (SSSR count). The largest absolute Gasteiger partial charge is 0.355 e. The summed E-state index contributed by atoms with van der Waals surface area (Å²) in [6.45, 7) is 8.43. The van der Waals surface area contributed by atoms with E-state index in [0.29, 0.717) is 25.0 Å². The summed E-state index contributed by atoms with van der Waals surface area (Å²) in [7, 11) is 4.11. The van der Waals surface area contributed by atoms with Gasteiger partial charge in [-0.1, -0.05) is 13.8 Å². The van der Waals surface area contributed by atoms with Gasteiger partial charge in [-0.15, -0.1) is 0 Å². The second-order valence-electron chi connectivity index (χ2n) is 4.92. The maximum absolute atomic E-state index is 11.3. The Hall–Kier alpha value is -0.610. The predicted octanol–water partition coefficient (Wildman–Crippen LogP) is 0.688. The van der Waals surface area contributed by atoms with E-state index in [0.717, 1.165) is 13.0 Å². The number of carbonyl (C=O) groups is 1. The van der Waals surface area contributed by atoms with Gasteiger partial charge in [-0.25, -0.2) is 0 Å². The van der Waals surface area contributed by atoms with Crippen molar-refractivity contribution >= 4 is 5.91 Å². The number of nitrogens with zero attached hydrogens (tertiary/aromatic N) is 1. The van der Waals surface area contributed by atoms with Crippen LogP contribution in [0.25, 0.3) is 0 Å². The van der Waals surface area contributed by atoms with E-state index in [2.05, 4.69) is 43.5 Å². The molecule has 0 aliphatic carbocycles. The first-order valence-electron chi connectivity index (χ1n) is 6.10. The molecular formula is C12H27N3O. The van der Waals surface area contributed by atoms with Gasteiger partial charge in [-0.2, -0.15) is 0 Å². The molecule has 2 N–H and O–H groups in total. The van der Waals surface area contributed by atoms with Crippen LogP contribution in [0.3, 0.4) is 0 Å². The summed E-state index contributed by atoms with van der Waals surface area (Å²) in [6.07, 6.45) is 1.09. The molecule has 0 aromatic carbocycles. The van der Waals surface area contributed by atoms with Gasteiger partial charge < -0.3 is 15.5 Å². The molecule has 0 aromatic rings. The fourth-order valence-corrected chi connectivity index (χ4v) is 1.73. The van der Waals surface area contributed by atoms with E-state index in [-0.39, 0.29) is 5.91 Å². The summed E-state index contributed by atoms with van der Waals surface area (Å²) in [5.41, 5.74) is 0. The zero-order valence-corrected chi connectivity index (χ0v) is 11.3. The molecule has 0 fully saturated rings. The highest BCUT2D eigenvalue weighted by Crippen LogP contribution is 2.05. The number of hydrogen-bond donors (Lipinski definition) is 2. The van der Waals surface area contributed by atoms with Gasteiger partial charge in [-0.05, 0) is 33.4 Å². The zero-order valence-electron chi connectivity index (χ0n) is 11.3. The lowest BCUT2D eigenvalue weighted by Gasteiger charge is -2.23. The second kappa shape index (κ2) is 8.53. The first kappa shape index (κ1) is 15.4. The van der Waals surface area contributed by atoms with E-state index in [1.165, 1.54) is 0 Å². The standard InChI is InChI=1S/C12H27N3O/c1-6-13-12(16)8-14-11(7-10(2)3)9-15(4)5/h10-11,14H,6-9H2,1-5H3,(H,13,16). The van der Waals surface area contributed by atoms with Crippen LogP contribution >= 0.6 is 0 Å². The average Bonchev–Trinajstić information content (AvgIpc) is 2.13. The van der Waals surface area contributed by atoms with Gasteiger partial charge in [0.2, 0.25) is 5.91 Å². The van der Waals surface area contributed by atoms with E-state index >= 15 is 0 Å². The lowest BCUT2D eigenvalue weighted by atomic mass is 10.0. The van der Waals surface area contributed by atoms with Crippen LogP contribution in [0.5, 0.6) is 0 Å². The van der Waals surface area contributed by atoms with Crippen molar-refractivity contribution in [2.24, 2.45) is 5.92 Å². The Kier molecular flexibility index (Phi) is 8.21. The van der Waals surface area contributed by atoms with Crippen LogP contribution in [-0.4, -0.2) is 50.6 Å². The van der Waals surface area contributed by atoms with Crippen molar-refractivity contribution < 1.29 is 4.79 Å². The van der Waals surface area contributed by atoms with E-state index in [4.69, 9.17) is 0 Å². The Balaban J connectivity index is 3.95. The van der Waals surface area contributed by atoms with Crippen molar-refractivity contribution in [1.82, 2.24) is 15.5 Å². The number of carbonyl (C=O) groups excluding carboxylic acids is 1. The fourth-order valence-electron chi connectivity index (χ4n) is 1.73. The molecule has 1 amide bonds. The monoisotopic (exact) mass is 229 g/mol. The van der Waals surface area contributed by atoms with E-state index < -0.39 is 0 Å². The van der Waals surface area contributed by atoms with Gasteiger partial charge in [0.15, 0.2) is 0 Å². The summed E-state index contributed by atoms with van der Waals surface area (Å²) in [4.78, 5) is 13.5. The molecular weight excluding hydrogens is 202 g/mol. The van der Waals surface area contributed by atoms with Crippen molar-refractivity contribution in [2.45, 2.75) is 33.2 Å². The van der Waals surface area contributed by atoms with Crippen molar-refractivity contribution in [2.75, 3.05) is 33.7 Å². The predicted molar refractivity (Wildman–Crippen MR) is 68.5 cm³/mol. The third kappa shape index (κ3) is 8.68. The smallest absolute Gasteiger partial charge is 0.233 e. The van der Waals surface area contributed by atoms with Crippen molar-refractivity contribution in [3.05, 3.63) is 0 Å². The lowest BCUT2D eigenvalue weighted by molar-refractivity contribution is -0.120. The first-order chi connectivity index (χ1) is 7.45. The third-order valence-corrected chi connectivity index (χ3v) is 2.27. The molecule has 0 aliphatic heterocycles. The van der Waals surface area contributed by atoms with Gasteiger partial charge in [-0.3, -0.25) is 4.79 Å². The van der Waals surface area contributed by atoms with E-state index in [1.54, 1.807) is 0 Å². The third-order valence-electron chi connectivity index (χ3n) is 2.27. The molecule has 4 nitrogen and oxygen atoms in total. The number of nitrogens with one attached hydrogen (secondary N) is 2. The van der Waals surface area contributed by atoms with Crippen molar-refractivity contribution in [3.63, 3.8) is 0 Å². The van der Waals surface area contributed by atoms with Gasteiger partial charge in [0, 0.05) is 19.1 Å². The van der Waals surface area contributed by atoms with E-state index in [1.807, 2.05) is 6.92 Å². The molecule has 16 heavy (non-hydrogen) atoms. The molecule has 0 spiro atoms. The van der Waals surface area contributed by atoms with Crippen LogP contribution in [0.4, 0.5) is 0 Å². The van der Waals surface area contributed by atoms with Crippen LogP contribution < -0.4 is 10.6 Å². The first-order valence-corrected chi connectivity index (χ1v) is 6.10. The molecule has 0 heterocycles. The molecule has 96 valence electrons. The minimum absolute atomic E-state index is 0.0787. The molecule has 0 radical (unpaired) electrons. The Morgan fingerprint density at radius 1 is 1.31 bits per heavy atom. The van der Waals surface area contributed by atoms with Crippen molar-refractivity contribution in [3.8, 4) is 0 Å². The highest BCUT2D eigenvalue weighted by molar-refractivity contribution is 5.77. The zero-order chi connectivity index (χ0) is 12.6. The summed E-state index contributed by atoms with van der Waals surface area (Å²) >= 11 is 0. The van der Waals surface area contributed by atoms with Crippen LogP contribution in [0.1, 0.15) is 27.2 Å². The average molecular weight is 229 g/mol. The van der Waals surface area contributed by atoms with Crippen LogP contribution in [-0.2, 0) is 4.79 Å². The van der Waals surface area contributed by atoms with Gasteiger partial charge in [0.25, 0.3) is 0 Å². The quantitative estimate of drug-likeness (QED) is 0.643. The van der Waals surface area contributed by atoms with Crippen LogP contribution in [0.2, 0.25) is 0 Å². The molecule has 0 aliphatic rings. The minimum Gasteiger partial charge on any atom is -0.355 e. The SMILES string of the molecule is CCNC(=O)CNC(CC(C)C)CN(C)C. The minimum atomic E-state index is 0.0787. The highest BCUT2D eigenvalue weighted by Gasteiger charge is 2.12. The van der Waals surface area contributed by atoms with E-state index in [9.17, 15) is 4.79 Å². The maximum atomic E-state index is 11.3. The Bertz CT molecular complexity index is 183. The molecule has 4 heteroatoms.